The van der Waals surface area contributed by atoms with Crippen LogP contribution in [0.2, 0.25) is 0 Å². The van der Waals surface area contributed by atoms with Gasteiger partial charge in [0.15, 0.2) is 0 Å². The molecule has 0 saturated heterocycles. The Bertz CT molecular complexity index is 306. The number of nitrogens with zero attached hydrogens (tertiary/aromatic N) is 1. The van der Waals surface area contributed by atoms with Crippen molar-refractivity contribution in [1.29, 1.82) is 0 Å². The zero-order valence-corrected chi connectivity index (χ0v) is 6.91. The normalized spacial score (nSPS) is 20.9. The lowest BCUT2D eigenvalue weighted by molar-refractivity contribution is 0.577. The summed E-state index contributed by atoms with van der Waals surface area (Å²) in [6.07, 6.45) is 1.86. The Hall–Kier alpha value is -1.35. The molecular weight excluding hydrogens is 150 g/mol. The molecule has 0 bridgehead atoms. The number of benzene rings is 1. The molecule has 1 aliphatic heterocycles. The maximum Gasteiger partial charge on any atom is 0.0895 e. The Kier molecular flexibility index (Phi) is 1.80. The van der Waals surface area contributed by atoms with Crippen molar-refractivity contribution in [2.45, 2.75) is 13.0 Å². The predicted molar refractivity (Wildman–Crippen MR) is 48.7 cm³/mol. The minimum Gasteiger partial charge on any atom is -0.242 e. The Balaban J connectivity index is 2.27. The van der Waals surface area contributed by atoms with Gasteiger partial charge in [0.05, 0.1) is 6.04 Å². The van der Waals surface area contributed by atoms with Gasteiger partial charge in [0, 0.05) is 6.21 Å². The van der Waals surface area contributed by atoms with Crippen LogP contribution in [-0.2, 0) is 0 Å². The third-order valence-electron chi connectivity index (χ3n) is 1.91. The van der Waals surface area contributed by atoms with E-state index in [0.29, 0.717) is 0 Å². The summed E-state index contributed by atoms with van der Waals surface area (Å²) in [6.45, 7) is 2.09. The average Bonchev–Trinajstić information content (AvgIpc) is 2.56. The van der Waals surface area contributed by atoms with E-state index in [1.54, 1.807) is 0 Å². The molecule has 12 heavy (non-hydrogen) atoms. The molecule has 0 amide bonds. The molecule has 3 heteroatoms. The first kappa shape index (κ1) is 7.31. The minimum absolute atomic E-state index is 0.213. The molecule has 0 spiro atoms. The predicted octanol–water partition coefficient (Wildman–Crippen LogP) is 1.13. The summed E-state index contributed by atoms with van der Waals surface area (Å²) < 4.78 is 0. The molecule has 1 aromatic carbocycles. The molecule has 1 heterocycles. The third-order valence-corrected chi connectivity index (χ3v) is 1.91. The zero-order chi connectivity index (χ0) is 8.39. The molecule has 1 aromatic rings. The average molecular weight is 161 g/mol. The molecule has 0 saturated carbocycles. The van der Waals surface area contributed by atoms with Crippen molar-refractivity contribution >= 4 is 6.21 Å². The van der Waals surface area contributed by atoms with Gasteiger partial charge in [-0.1, -0.05) is 29.8 Å². The van der Waals surface area contributed by atoms with Crippen LogP contribution in [-0.4, -0.2) is 6.21 Å². The van der Waals surface area contributed by atoms with Gasteiger partial charge in [-0.2, -0.15) is 5.10 Å². The molecule has 0 aliphatic carbocycles. The number of hydrazone groups is 1. The Morgan fingerprint density at radius 2 is 2.33 bits per heavy atom. The van der Waals surface area contributed by atoms with E-state index in [4.69, 9.17) is 0 Å². The number of hydrazine groups is 1. The summed E-state index contributed by atoms with van der Waals surface area (Å²) in [6, 6.07) is 8.59. The van der Waals surface area contributed by atoms with Gasteiger partial charge in [-0.15, -0.1) is 0 Å². The van der Waals surface area contributed by atoms with Gasteiger partial charge in [0.1, 0.15) is 0 Å². The number of nitrogens with one attached hydrogen (secondary N) is 2. The first-order valence-electron chi connectivity index (χ1n) is 3.96. The molecule has 1 aliphatic rings. The lowest BCUT2D eigenvalue weighted by Crippen LogP contribution is -2.24. The standard InChI is InChI=1S/C9H11N3/c1-7-3-2-4-8(5-7)9-6-10-12-11-9/h2-6,9,11-12H,1H3. The van der Waals surface area contributed by atoms with E-state index < -0.39 is 0 Å². The topological polar surface area (TPSA) is 36.4 Å². The van der Waals surface area contributed by atoms with E-state index in [0.717, 1.165) is 0 Å². The first-order chi connectivity index (χ1) is 5.86. The Labute approximate surface area is 71.5 Å². The number of hydrogen-bond acceptors (Lipinski definition) is 3. The monoisotopic (exact) mass is 161 g/mol. The van der Waals surface area contributed by atoms with Crippen LogP contribution in [0.4, 0.5) is 0 Å². The second kappa shape index (κ2) is 2.95. The number of aryl methyl sites for hydroxylation is 1. The van der Waals surface area contributed by atoms with Crippen LogP contribution < -0.4 is 11.0 Å². The third kappa shape index (κ3) is 1.31. The van der Waals surface area contributed by atoms with Crippen molar-refractivity contribution in [3.05, 3.63) is 35.4 Å². The van der Waals surface area contributed by atoms with Crippen molar-refractivity contribution in [3.8, 4) is 0 Å². The molecule has 2 N–H and O–H groups in total. The van der Waals surface area contributed by atoms with E-state index >= 15 is 0 Å². The van der Waals surface area contributed by atoms with Crippen LogP contribution in [0, 0.1) is 6.92 Å². The quantitative estimate of drug-likeness (QED) is 0.647. The van der Waals surface area contributed by atoms with Crippen molar-refractivity contribution in [2.75, 3.05) is 0 Å². The first-order valence-corrected chi connectivity index (χ1v) is 3.96. The number of hydrogen-bond donors (Lipinski definition) is 2. The van der Waals surface area contributed by atoms with E-state index in [2.05, 4.69) is 47.3 Å². The second-order valence-corrected chi connectivity index (χ2v) is 2.93. The Morgan fingerprint density at radius 1 is 1.42 bits per heavy atom. The maximum atomic E-state index is 3.88. The molecule has 0 aromatic heterocycles. The van der Waals surface area contributed by atoms with Gasteiger partial charge in [0.25, 0.3) is 0 Å². The van der Waals surface area contributed by atoms with E-state index in [9.17, 15) is 0 Å². The van der Waals surface area contributed by atoms with Gasteiger partial charge in [-0.3, -0.25) is 0 Å². The summed E-state index contributed by atoms with van der Waals surface area (Å²) >= 11 is 0. The van der Waals surface area contributed by atoms with E-state index in [-0.39, 0.29) is 6.04 Å². The van der Waals surface area contributed by atoms with Crippen LogP contribution in [0.15, 0.2) is 29.4 Å². The summed E-state index contributed by atoms with van der Waals surface area (Å²) in [7, 11) is 0. The number of rotatable bonds is 1. The summed E-state index contributed by atoms with van der Waals surface area (Å²) in [4.78, 5) is 0. The largest absolute Gasteiger partial charge is 0.242 e. The van der Waals surface area contributed by atoms with Crippen LogP contribution in [0.3, 0.4) is 0 Å². The summed E-state index contributed by atoms with van der Waals surface area (Å²) in [5.41, 5.74) is 8.25. The molecule has 62 valence electrons. The summed E-state index contributed by atoms with van der Waals surface area (Å²) in [5.74, 6) is 0. The van der Waals surface area contributed by atoms with Crippen LogP contribution in [0.1, 0.15) is 17.2 Å². The molecule has 2 rings (SSSR count). The van der Waals surface area contributed by atoms with E-state index in [1.807, 2.05) is 6.21 Å². The highest BCUT2D eigenvalue weighted by atomic mass is 15.6. The highest BCUT2D eigenvalue weighted by Gasteiger charge is 2.10. The highest BCUT2D eigenvalue weighted by molar-refractivity contribution is 5.68. The molecular formula is C9H11N3. The minimum atomic E-state index is 0.213. The second-order valence-electron chi connectivity index (χ2n) is 2.93. The van der Waals surface area contributed by atoms with Crippen molar-refractivity contribution in [2.24, 2.45) is 5.10 Å². The smallest absolute Gasteiger partial charge is 0.0895 e. The molecule has 1 atom stereocenters. The van der Waals surface area contributed by atoms with E-state index in [1.165, 1.54) is 11.1 Å². The molecule has 0 fully saturated rings. The molecule has 1 unspecified atom stereocenters. The van der Waals surface area contributed by atoms with Gasteiger partial charge < -0.3 is 0 Å². The van der Waals surface area contributed by atoms with Gasteiger partial charge in [-0.25, -0.2) is 11.0 Å². The Morgan fingerprint density at radius 3 is 3.00 bits per heavy atom. The van der Waals surface area contributed by atoms with Crippen LogP contribution >= 0.6 is 0 Å². The lowest BCUT2D eigenvalue weighted by atomic mass is 10.1. The molecule has 3 nitrogen and oxygen atoms in total. The van der Waals surface area contributed by atoms with Crippen LogP contribution in [0.5, 0.6) is 0 Å². The fraction of sp³-hybridized carbons (Fsp3) is 0.222. The van der Waals surface area contributed by atoms with Gasteiger partial charge in [-0.05, 0) is 12.5 Å². The van der Waals surface area contributed by atoms with Crippen LogP contribution in [0.25, 0.3) is 0 Å². The van der Waals surface area contributed by atoms with Crippen molar-refractivity contribution < 1.29 is 0 Å². The zero-order valence-electron chi connectivity index (χ0n) is 6.91. The fourth-order valence-electron chi connectivity index (χ4n) is 1.29. The van der Waals surface area contributed by atoms with Gasteiger partial charge >= 0.3 is 0 Å². The highest BCUT2D eigenvalue weighted by Crippen LogP contribution is 2.13. The SMILES string of the molecule is Cc1cccc(C2C=NNN2)c1. The maximum absolute atomic E-state index is 3.88. The molecule has 0 radical (unpaired) electrons. The summed E-state index contributed by atoms with van der Waals surface area (Å²) in [5, 5.41) is 3.88. The fourth-order valence-corrected chi connectivity index (χ4v) is 1.29. The van der Waals surface area contributed by atoms with Crippen molar-refractivity contribution in [3.63, 3.8) is 0 Å². The van der Waals surface area contributed by atoms with Crippen molar-refractivity contribution in [1.82, 2.24) is 11.0 Å². The lowest BCUT2D eigenvalue weighted by Gasteiger charge is -2.07. The van der Waals surface area contributed by atoms with Gasteiger partial charge in [0.2, 0.25) is 0 Å².